The maximum atomic E-state index is 5.14. The van der Waals surface area contributed by atoms with Gasteiger partial charge in [-0.2, -0.15) is 0 Å². The molecule has 0 aliphatic carbocycles. The van der Waals surface area contributed by atoms with Crippen LogP contribution >= 0.6 is 0 Å². The lowest BCUT2D eigenvalue weighted by Gasteiger charge is -1.75. The molecule has 0 radical (unpaired) electrons. The molecule has 0 saturated heterocycles. The molecule has 0 unspecified atom stereocenters. The fourth-order valence-electron chi connectivity index (χ4n) is 0.409. The Hall–Kier alpha value is -0.528. The van der Waals surface area contributed by atoms with Gasteiger partial charge in [0.2, 0.25) is 0 Å². The third-order valence-electron chi connectivity index (χ3n) is 0.785. The predicted molar refractivity (Wildman–Crippen MR) is 31.4 cm³/mol. The second kappa shape index (κ2) is 2.16. The van der Waals surface area contributed by atoms with E-state index in [9.17, 15) is 0 Å². The van der Waals surface area contributed by atoms with Crippen LogP contribution in [0.4, 0.5) is 6.01 Å². The van der Waals surface area contributed by atoms with E-state index in [-0.39, 0.29) is 21.2 Å². The highest BCUT2D eigenvalue weighted by molar-refractivity contribution is 6.48. The molecule has 5 heteroatoms. The molecule has 0 atom stereocenters. The number of nitrogens with zero attached hydrogens (tertiary/aromatic N) is 2. The molecule has 4 nitrogen and oxygen atoms in total. The molecule has 42 valence electrons. The number of hydrogen-bond donors (Lipinski definition) is 1. The number of nitrogen functional groups attached to an aromatic ring is 1. The normalized spacial score (nSPS) is 9.12. The van der Waals surface area contributed by atoms with Crippen molar-refractivity contribution in [3.05, 3.63) is 0 Å². The minimum absolute atomic E-state index is 0.175. The number of rotatable bonds is 1. The van der Waals surface area contributed by atoms with Gasteiger partial charge in [0, 0.05) is 0 Å². The topological polar surface area (TPSA) is 64.9 Å². The van der Waals surface area contributed by atoms with Gasteiger partial charge >= 0.3 is 21.2 Å². The third-order valence-corrected chi connectivity index (χ3v) is 1.68. The highest BCUT2D eigenvalue weighted by atomic mass is 27.1. The molecular formula is C3H6AlN3O. The Kier molecular flexibility index (Phi) is 1.51. The summed E-state index contributed by atoms with van der Waals surface area (Å²) in [6.45, 7) is 0. The first-order valence-corrected chi connectivity index (χ1v) is 4.53. The molecule has 1 heterocycles. The smallest absolute Gasteiger partial charge is 0.374 e. The van der Waals surface area contributed by atoms with E-state index < -0.39 is 0 Å². The molecule has 0 aliphatic rings. The van der Waals surface area contributed by atoms with Crippen LogP contribution in [0.25, 0.3) is 0 Å². The van der Waals surface area contributed by atoms with E-state index >= 15 is 0 Å². The van der Waals surface area contributed by atoms with Gasteiger partial charge in [-0.05, 0) is 0 Å². The molecule has 0 saturated carbocycles. The van der Waals surface area contributed by atoms with Crippen LogP contribution in [0.3, 0.4) is 0 Å². The minimum atomic E-state index is -0.308. The summed E-state index contributed by atoms with van der Waals surface area (Å²) in [5.41, 5.74) is 5.14. The van der Waals surface area contributed by atoms with E-state index in [2.05, 4.69) is 16.0 Å². The maximum Gasteiger partial charge on any atom is 0.374 e. The summed E-state index contributed by atoms with van der Waals surface area (Å²) in [6, 6.07) is 0.175. The van der Waals surface area contributed by atoms with Gasteiger partial charge in [0.15, 0.2) is 0 Å². The summed E-state index contributed by atoms with van der Waals surface area (Å²) in [5, 5.41) is 7.14. The number of anilines is 1. The van der Waals surface area contributed by atoms with Gasteiger partial charge < -0.3 is 10.2 Å². The van der Waals surface area contributed by atoms with Gasteiger partial charge in [-0.25, -0.2) is 0 Å². The monoisotopic (exact) mass is 127 g/mol. The van der Waals surface area contributed by atoms with Gasteiger partial charge in [0.1, 0.15) is 4.75 Å². The van der Waals surface area contributed by atoms with Crippen molar-refractivity contribution in [1.29, 1.82) is 0 Å². The van der Waals surface area contributed by atoms with Crippen molar-refractivity contribution in [3.63, 3.8) is 0 Å². The van der Waals surface area contributed by atoms with Gasteiger partial charge in [-0.3, -0.25) is 0 Å². The first kappa shape index (κ1) is 5.61. The van der Waals surface area contributed by atoms with Crippen LogP contribution in [0, 0.1) is 0 Å². The Balaban J connectivity index is 2.84. The molecule has 0 aliphatic heterocycles. The summed E-state index contributed by atoms with van der Waals surface area (Å²) in [4.78, 5) is 0. The Labute approximate surface area is 52.8 Å². The fourth-order valence-corrected chi connectivity index (χ4v) is 0.914. The maximum absolute atomic E-state index is 5.14. The van der Waals surface area contributed by atoms with Crippen LogP contribution in [-0.4, -0.2) is 25.4 Å². The van der Waals surface area contributed by atoms with Crippen molar-refractivity contribution in [3.8, 4) is 0 Å². The highest BCUT2D eigenvalue weighted by Crippen LogP contribution is 1.85. The van der Waals surface area contributed by atoms with E-state index in [1.54, 1.807) is 0 Å². The summed E-state index contributed by atoms with van der Waals surface area (Å²) in [5.74, 6) is 2.06. The first-order valence-electron chi connectivity index (χ1n) is 2.40. The summed E-state index contributed by atoms with van der Waals surface area (Å²) < 4.78 is 5.57. The molecule has 2 N–H and O–H groups in total. The van der Waals surface area contributed by atoms with Crippen LogP contribution < -0.4 is 10.5 Å². The second-order valence-corrected chi connectivity index (χ2v) is 2.70. The Morgan fingerprint density at radius 1 is 1.62 bits per heavy atom. The zero-order valence-electron chi connectivity index (χ0n) is 4.59. The Morgan fingerprint density at radius 3 is 2.62 bits per heavy atom. The molecule has 0 amide bonds. The van der Waals surface area contributed by atoms with E-state index in [4.69, 9.17) is 10.2 Å². The summed E-state index contributed by atoms with van der Waals surface area (Å²) in [6.07, 6.45) is 0. The Bertz CT molecular complexity index is 175. The highest BCUT2D eigenvalue weighted by Gasteiger charge is 1.98. The van der Waals surface area contributed by atoms with Crippen molar-refractivity contribution in [1.82, 2.24) is 10.2 Å². The van der Waals surface area contributed by atoms with Crippen LogP contribution in [0.5, 0.6) is 0 Å². The average molecular weight is 127 g/mol. The van der Waals surface area contributed by atoms with E-state index in [1.807, 2.05) is 0 Å². The van der Waals surface area contributed by atoms with E-state index in [0.29, 0.717) is 0 Å². The lowest BCUT2D eigenvalue weighted by Crippen LogP contribution is -2.10. The number of aromatic nitrogens is 2. The predicted octanol–water partition coefficient (Wildman–Crippen LogP) is -1.24. The first-order chi connectivity index (χ1) is 3.83. The molecule has 0 spiro atoms. The van der Waals surface area contributed by atoms with Gasteiger partial charge in [-0.1, -0.05) is 5.10 Å². The molecule has 1 rings (SSSR count). The molecular weight excluding hydrogens is 121 g/mol. The summed E-state index contributed by atoms with van der Waals surface area (Å²) in [7, 11) is 0. The molecule has 0 fully saturated rings. The van der Waals surface area contributed by atoms with Crippen LogP contribution in [-0.2, 0) is 0 Å². The average Bonchev–Trinajstić information content (AvgIpc) is 2.14. The van der Waals surface area contributed by atoms with Crippen LogP contribution in [0.1, 0.15) is 0 Å². The number of nitrogens with two attached hydrogens (primary N) is 1. The van der Waals surface area contributed by atoms with Crippen LogP contribution in [0.15, 0.2) is 4.42 Å². The quantitative estimate of drug-likeness (QED) is 0.479. The molecule has 8 heavy (non-hydrogen) atoms. The largest absolute Gasteiger partial charge is 0.429 e. The van der Waals surface area contributed by atoms with Crippen molar-refractivity contribution in [2.45, 2.75) is 5.79 Å². The van der Waals surface area contributed by atoms with E-state index in [1.165, 1.54) is 0 Å². The molecule has 1 aromatic heterocycles. The second-order valence-electron chi connectivity index (χ2n) is 1.39. The van der Waals surface area contributed by atoms with Crippen LogP contribution in [0.2, 0.25) is 5.79 Å². The fraction of sp³-hybridized carbons (Fsp3) is 0.333. The zero-order valence-corrected chi connectivity index (χ0v) is 6.00. The number of hydrogen-bond acceptors (Lipinski definition) is 4. The van der Waals surface area contributed by atoms with Gasteiger partial charge in [-0.15, -0.1) is 10.9 Å². The third kappa shape index (κ3) is 0.998. The van der Waals surface area contributed by atoms with Gasteiger partial charge in [0.25, 0.3) is 0 Å². The molecule has 1 aromatic rings. The van der Waals surface area contributed by atoms with Gasteiger partial charge in [0.05, 0.1) is 0 Å². The lowest BCUT2D eigenvalue weighted by molar-refractivity contribution is 0.610. The SMILES string of the molecule is [CH3][AlH][c]1nnc(N)o1. The van der Waals surface area contributed by atoms with E-state index in [0.717, 1.165) is 4.75 Å². The van der Waals surface area contributed by atoms with Crippen molar-refractivity contribution in [2.24, 2.45) is 0 Å². The standard InChI is InChI=1S/C2H2N3O.CH3.Al.H/c3-2-5-4-1-6-2;;;/h(H2,3,5);1H3;;. The van der Waals surface area contributed by atoms with Crippen molar-refractivity contribution in [2.75, 3.05) is 5.73 Å². The minimum Gasteiger partial charge on any atom is -0.429 e. The molecule has 0 aromatic carbocycles. The zero-order chi connectivity index (χ0) is 5.98. The lowest BCUT2D eigenvalue weighted by atomic mass is 11.2. The summed E-state index contributed by atoms with van der Waals surface area (Å²) >= 11 is -0.308. The van der Waals surface area contributed by atoms with Crippen molar-refractivity contribution < 1.29 is 4.42 Å². The Morgan fingerprint density at radius 2 is 2.38 bits per heavy atom. The van der Waals surface area contributed by atoms with Crippen molar-refractivity contribution >= 4 is 26.0 Å². The molecule has 0 bridgehead atoms.